The Morgan fingerprint density at radius 3 is 2.14 bits per heavy atom. The third-order valence-electron chi connectivity index (χ3n) is 3.39. The molecule has 0 N–H and O–H groups in total. The molecule has 1 aromatic carbocycles. The minimum absolute atomic E-state index is 1.20. The highest BCUT2D eigenvalue weighted by molar-refractivity contribution is 5.28. The van der Waals surface area contributed by atoms with Gasteiger partial charge in [-0.05, 0) is 30.2 Å². The van der Waals surface area contributed by atoms with Crippen molar-refractivity contribution >= 4 is 6.58 Å². The number of nitrogens with zero attached hydrogens (tertiary/aromatic N) is 1. The van der Waals surface area contributed by atoms with Crippen LogP contribution in [0.15, 0.2) is 12.1 Å². The fourth-order valence-corrected chi connectivity index (χ4v) is 2.88. The summed E-state index contributed by atoms with van der Waals surface area (Å²) in [5, 5.41) is 2.75. The second-order valence-electron chi connectivity index (χ2n) is 4.46. The lowest BCUT2D eigenvalue weighted by Gasteiger charge is -2.17. The first-order valence-electron chi connectivity index (χ1n) is 5.57. The van der Waals surface area contributed by atoms with Crippen molar-refractivity contribution in [3.63, 3.8) is 0 Å². The van der Waals surface area contributed by atoms with E-state index in [4.69, 9.17) is 0 Å². The van der Waals surface area contributed by atoms with E-state index in [2.05, 4.69) is 23.3 Å². The van der Waals surface area contributed by atoms with Crippen molar-refractivity contribution in [1.29, 1.82) is 0 Å². The number of rotatable bonds is 0. The van der Waals surface area contributed by atoms with Gasteiger partial charge in [-0.15, -0.1) is 0 Å². The van der Waals surface area contributed by atoms with Gasteiger partial charge in [0.05, 0.1) is 0 Å². The summed E-state index contributed by atoms with van der Waals surface area (Å²) in [5.74, 6) is 0. The first-order valence-corrected chi connectivity index (χ1v) is 5.57. The standard InChI is InChI=1S/C13H16N/c1-10-8-11-4-2-6-14-7-3-5-12(9-10)13(11)14/h8-9H,1-7H2/q+1. The molecule has 2 heterocycles. The van der Waals surface area contributed by atoms with Crippen molar-refractivity contribution in [3.05, 3.63) is 33.8 Å². The molecule has 0 saturated carbocycles. The maximum Gasteiger partial charge on any atom is 0.206 e. The molecule has 2 aliphatic rings. The maximum absolute atomic E-state index is 4.07. The van der Waals surface area contributed by atoms with E-state index in [1.807, 2.05) is 0 Å². The molecule has 0 radical (unpaired) electrons. The van der Waals surface area contributed by atoms with Crippen LogP contribution in [0.5, 0.6) is 0 Å². The summed E-state index contributed by atoms with van der Waals surface area (Å²) in [5.41, 5.74) is 3.08. The summed E-state index contributed by atoms with van der Waals surface area (Å²) >= 11 is 0. The van der Waals surface area contributed by atoms with E-state index in [1.165, 1.54) is 44.0 Å². The minimum atomic E-state index is 1.20. The number of benzene rings is 1. The highest BCUT2D eigenvalue weighted by atomic mass is 15.0. The van der Waals surface area contributed by atoms with Crippen LogP contribution in [0.2, 0.25) is 0 Å². The van der Waals surface area contributed by atoms with Crippen LogP contribution in [0.25, 0.3) is 6.58 Å². The summed E-state index contributed by atoms with van der Waals surface area (Å²) in [6, 6.07) is 4.55. The second kappa shape index (κ2) is 2.94. The SMILES string of the molecule is C=c1cc2c3c(c1)CCC[N+]=3CCC2. The highest BCUT2D eigenvalue weighted by Gasteiger charge is 2.22. The Labute approximate surface area is 84.4 Å². The zero-order valence-corrected chi connectivity index (χ0v) is 8.55. The van der Waals surface area contributed by atoms with Crippen LogP contribution in [0.3, 0.4) is 0 Å². The lowest BCUT2D eigenvalue weighted by Crippen LogP contribution is -2.44. The monoisotopic (exact) mass is 186 g/mol. The molecular weight excluding hydrogens is 170 g/mol. The van der Waals surface area contributed by atoms with Crippen LogP contribution in [-0.2, 0) is 12.8 Å². The molecule has 0 unspecified atom stereocenters. The molecule has 0 spiro atoms. The van der Waals surface area contributed by atoms with Gasteiger partial charge in [0.2, 0.25) is 5.36 Å². The fraction of sp³-hybridized carbons (Fsp3) is 0.462. The van der Waals surface area contributed by atoms with Crippen LogP contribution in [0.4, 0.5) is 0 Å². The van der Waals surface area contributed by atoms with Gasteiger partial charge in [0.15, 0.2) is 0 Å². The Balaban J connectivity index is 2.43. The lowest BCUT2D eigenvalue weighted by atomic mass is 9.95. The maximum atomic E-state index is 4.07. The van der Waals surface area contributed by atoms with E-state index in [1.54, 1.807) is 16.5 Å². The Morgan fingerprint density at radius 1 is 1.00 bits per heavy atom. The Hall–Kier alpha value is -1.11. The molecule has 3 rings (SSSR count). The van der Waals surface area contributed by atoms with Gasteiger partial charge in [-0.1, -0.05) is 6.58 Å². The average Bonchev–Trinajstić information content (AvgIpc) is 2.18. The van der Waals surface area contributed by atoms with Crippen LogP contribution in [-0.4, -0.2) is 13.1 Å². The zero-order valence-electron chi connectivity index (χ0n) is 8.55. The van der Waals surface area contributed by atoms with E-state index in [0.717, 1.165) is 0 Å². The zero-order chi connectivity index (χ0) is 9.54. The minimum Gasteiger partial charge on any atom is -0.229 e. The van der Waals surface area contributed by atoms with E-state index in [9.17, 15) is 0 Å². The normalized spacial score (nSPS) is 19.3. The van der Waals surface area contributed by atoms with Crippen molar-refractivity contribution in [2.75, 3.05) is 13.1 Å². The van der Waals surface area contributed by atoms with Crippen LogP contribution < -0.4 is 15.2 Å². The Bertz CT molecular complexity index is 445. The first-order chi connectivity index (χ1) is 6.84. The second-order valence-corrected chi connectivity index (χ2v) is 4.46. The molecule has 1 heteroatoms. The third kappa shape index (κ3) is 1.12. The molecule has 0 aromatic heterocycles. The van der Waals surface area contributed by atoms with Gasteiger partial charge in [0, 0.05) is 24.0 Å². The van der Waals surface area contributed by atoms with Gasteiger partial charge in [-0.25, -0.2) is 4.58 Å². The summed E-state index contributed by atoms with van der Waals surface area (Å²) in [4.78, 5) is 0. The van der Waals surface area contributed by atoms with Gasteiger partial charge < -0.3 is 0 Å². The summed E-state index contributed by atoms with van der Waals surface area (Å²) in [7, 11) is 0. The van der Waals surface area contributed by atoms with E-state index < -0.39 is 0 Å². The van der Waals surface area contributed by atoms with Crippen molar-refractivity contribution in [2.45, 2.75) is 25.7 Å². The topological polar surface area (TPSA) is 3.01 Å². The van der Waals surface area contributed by atoms with Crippen molar-refractivity contribution < 1.29 is 0 Å². The predicted octanol–water partition coefficient (Wildman–Crippen LogP) is 0.480. The molecule has 1 nitrogen and oxygen atoms in total. The number of aryl methyl sites for hydroxylation is 2. The molecule has 0 bridgehead atoms. The van der Waals surface area contributed by atoms with Gasteiger partial charge >= 0.3 is 0 Å². The smallest absolute Gasteiger partial charge is 0.206 e. The average molecular weight is 186 g/mol. The summed E-state index contributed by atoms with van der Waals surface area (Å²) in [6.45, 7) is 6.59. The molecule has 2 aliphatic heterocycles. The van der Waals surface area contributed by atoms with Gasteiger partial charge in [-0.3, -0.25) is 0 Å². The van der Waals surface area contributed by atoms with Crippen LogP contribution >= 0.6 is 0 Å². The predicted molar refractivity (Wildman–Crippen MR) is 58.8 cm³/mol. The van der Waals surface area contributed by atoms with Crippen molar-refractivity contribution in [2.24, 2.45) is 0 Å². The fourth-order valence-electron chi connectivity index (χ4n) is 2.88. The molecular formula is C13H16N+. The molecule has 0 saturated heterocycles. The molecule has 0 amide bonds. The van der Waals surface area contributed by atoms with Crippen LogP contribution in [0.1, 0.15) is 24.0 Å². The van der Waals surface area contributed by atoms with E-state index in [-0.39, 0.29) is 0 Å². The molecule has 0 fully saturated rings. The largest absolute Gasteiger partial charge is 0.229 e. The van der Waals surface area contributed by atoms with Crippen molar-refractivity contribution in [1.82, 2.24) is 4.58 Å². The Kier molecular flexibility index (Phi) is 1.73. The quantitative estimate of drug-likeness (QED) is 0.518. The van der Waals surface area contributed by atoms with E-state index >= 15 is 0 Å². The molecule has 14 heavy (non-hydrogen) atoms. The summed E-state index contributed by atoms with van der Waals surface area (Å²) < 4.78 is 2.57. The van der Waals surface area contributed by atoms with Gasteiger partial charge in [0.25, 0.3) is 0 Å². The molecule has 72 valence electrons. The molecule has 0 aliphatic carbocycles. The number of hydrogen-bond acceptors (Lipinski definition) is 0. The van der Waals surface area contributed by atoms with E-state index in [0.29, 0.717) is 0 Å². The number of hydrogen-bond donors (Lipinski definition) is 0. The van der Waals surface area contributed by atoms with Crippen LogP contribution in [0, 0.1) is 0 Å². The molecule has 0 atom stereocenters. The van der Waals surface area contributed by atoms with Crippen molar-refractivity contribution in [3.8, 4) is 0 Å². The first kappa shape index (κ1) is 8.22. The lowest BCUT2D eigenvalue weighted by molar-refractivity contribution is 0.480. The van der Waals surface area contributed by atoms with Gasteiger partial charge in [-0.2, -0.15) is 0 Å². The molecule has 1 aromatic rings. The van der Waals surface area contributed by atoms with Gasteiger partial charge in [0.1, 0.15) is 13.1 Å². The Morgan fingerprint density at radius 2 is 1.57 bits per heavy atom. The summed E-state index contributed by atoms with van der Waals surface area (Å²) in [6.07, 6.45) is 5.14. The third-order valence-corrected chi connectivity index (χ3v) is 3.39. The highest BCUT2D eigenvalue weighted by Crippen LogP contribution is 2.08.